The van der Waals surface area contributed by atoms with E-state index in [1.807, 2.05) is 0 Å². The van der Waals surface area contributed by atoms with Gasteiger partial charge in [0.1, 0.15) is 0 Å². The quantitative estimate of drug-likeness (QED) is 0.494. The van der Waals surface area contributed by atoms with Crippen LogP contribution in [0.2, 0.25) is 0 Å². The normalized spacial score (nSPS) is 33.0. The average Bonchev–Trinajstić information content (AvgIpc) is 2.07. The minimum absolute atomic E-state index is 0.806. The smallest absolute Gasteiger partial charge is 0.000829 e. The Morgan fingerprint density at radius 2 is 2.00 bits per heavy atom. The van der Waals surface area contributed by atoms with Gasteiger partial charge in [-0.25, -0.2) is 0 Å². The van der Waals surface area contributed by atoms with Crippen molar-refractivity contribution in [1.82, 2.24) is 5.32 Å². The van der Waals surface area contributed by atoms with Crippen molar-refractivity contribution < 1.29 is 0 Å². The predicted octanol–water partition coefficient (Wildman–Crippen LogP) is 1.15. The van der Waals surface area contributed by atoms with E-state index in [-0.39, 0.29) is 0 Å². The standard InChI is InChI=1S/C7H13N/c1-2-7(3-1)4-5-8-6-7/h8H,1-6H2. The molecule has 2 rings (SSSR count). The lowest BCUT2D eigenvalue weighted by Gasteiger charge is -2.37. The van der Waals surface area contributed by atoms with Crippen molar-refractivity contribution in [3.05, 3.63) is 0 Å². The van der Waals surface area contributed by atoms with Gasteiger partial charge in [-0.05, 0) is 31.2 Å². The molecule has 1 aliphatic heterocycles. The summed E-state index contributed by atoms with van der Waals surface area (Å²) in [5.41, 5.74) is 0.806. The molecule has 1 spiro atoms. The van der Waals surface area contributed by atoms with E-state index in [2.05, 4.69) is 5.32 Å². The fourth-order valence-corrected chi connectivity index (χ4v) is 1.90. The van der Waals surface area contributed by atoms with Gasteiger partial charge in [0.2, 0.25) is 0 Å². The van der Waals surface area contributed by atoms with Crippen LogP contribution in [0.25, 0.3) is 0 Å². The molecule has 46 valence electrons. The maximum Gasteiger partial charge on any atom is 0.000829 e. The largest absolute Gasteiger partial charge is 0.316 e. The Labute approximate surface area is 50.5 Å². The summed E-state index contributed by atoms with van der Waals surface area (Å²) >= 11 is 0. The number of hydrogen-bond acceptors (Lipinski definition) is 1. The molecule has 2 aliphatic rings. The maximum absolute atomic E-state index is 3.42. The summed E-state index contributed by atoms with van der Waals surface area (Å²) < 4.78 is 0. The van der Waals surface area contributed by atoms with E-state index < -0.39 is 0 Å². The Hall–Kier alpha value is -0.0400. The lowest BCUT2D eigenvalue weighted by molar-refractivity contribution is 0.163. The Kier molecular flexibility index (Phi) is 0.884. The van der Waals surface area contributed by atoms with Gasteiger partial charge in [0.25, 0.3) is 0 Å². The zero-order valence-corrected chi connectivity index (χ0v) is 5.24. The molecular weight excluding hydrogens is 98.1 g/mol. The van der Waals surface area contributed by atoms with Gasteiger partial charge in [-0.1, -0.05) is 6.42 Å². The van der Waals surface area contributed by atoms with Crippen molar-refractivity contribution in [2.45, 2.75) is 25.7 Å². The molecule has 0 atom stereocenters. The van der Waals surface area contributed by atoms with Crippen molar-refractivity contribution >= 4 is 0 Å². The molecule has 0 aromatic rings. The SMILES string of the molecule is C1CC2(C1)CCNC2. The summed E-state index contributed by atoms with van der Waals surface area (Å²) in [7, 11) is 0. The second-order valence-electron chi connectivity index (χ2n) is 3.28. The number of rotatable bonds is 0. The molecule has 0 amide bonds. The number of hydrogen-bond donors (Lipinski definition) is 1. The van der Waals surface area contributed by atoms with Crippen LogP contribution in [-0.2, 0) is 0 Å². The molecule has 1 saturated heterocycles. The molecule has 1 heterocycles. The second kappa shape index (κ2) is 1.47. The summed E-state index contributed by atoms with van der Waals surface area (Å²) in [6, 6.07) is 0. The Balaban J connectivity index is 2.01. The van der Waals surface area contributed by atoms with E-state index in [9.17, 15) is 0 Å². The molecule has 0 aromatic heterocycles. The van der Waals surface area contributed by atoms with Gasteiger partial charge in [0, 0.05) is 6.54 Å². The van der Waals surface area contributed by atoms with Crippen LogP contribution in [0, 0.1) is 5.41 Å². The van der Waals surface area contributed by atoms with Crippen LogP contribution in [0.3, 0.4) is 0 Å². The van der Waals surface area contributed by atoms with E-state index in [1.54, 1.807) is 0 Å². The van der Waals surface area contributed by atoms with E-state index in [4.69, 9.17) is 0 Å². The van der Waals surface area contributed by atoms with Crippen LogP contribution in [0.15, 0.2) is 0 Å². The first-order chi connectivity index (χ1) is 3.91. The van der Waals surface area contributed by atoms with Crippen molar-refractivity contribution in [2.75, 3.05) is 13.1 Å². The molecule has 8 heavy (non-hydrogen) atoms. The number of nitrogens with one attached hydrogen (secondary N) is 1. The maximum atomic E-state index is 3.42. The van der Waals surface area contributed by atoms with Gasteiger partial charge < -0.3 is 5.32 Å². The third-order valence-electron chi connectivity index (χ3n) is 2.75. The average molecular weight is 111 g/mol. The van der Waals surface area contributed by atoms with E-state index in [0.29, 0.717) is 0 Å². The monoisotopic (exact) mass is 111 g/mol. The van der Waals surface area contributed by atoms with Crippen LogP contribution in [0.4, 0.5) is 0 Å². The molecule has 1 nitrogen and oxygen atoms in total. The molecule has 0 aromatic carbocycles. The van der Waals surface area contributed by atoms with Gasteiger partial charge in [-0.2, -0.15) is 0 Å². The fourth-order valence-electron chi connectivity index (χ4n) is 1.90. The van der Waals surface area contributed by atoms with Gasteiger partial charge in [-0.3, -0.25) is 0 Å². The highest BCUT2D eigenvalue weighted by Crippen LogP contribution is 2.45. The van der Waals surface area contributed by atoms with E-state index >= 15 is 0 Å². The van der Waals surface area contributed by atoms with Crippen molar-refractivity contribution in [2.24, 2.45) is 5.41 Å². The van der Waals surface area contributed by atoms with E-state index in [1.165, 1.54) is 38.8 Å². The van der Waals surface area contributed by atoms with Crippen LogP contribution in [0.5, 0.6) is 0 Å². The molecule has 0 unspecified atom stereocenters. The third kappa shape index (κ3) is 0.510. The molecule has 1 heteroatoms. The van der Waals surface area contributed by atoms with Crippen molar-refractivity contribution in [3.8, 4) is 0 Å². The minimum atomic E-state index is 0.806. The molecule has 1 aliphatic carbocycles. The summed E-state index contributed by atoms with van der Waals surface area (Å²) in [4.78, 5) is 0. The minimum Gasteiger partial charge on any atom is -0.316 e. The van der Waals surface area contributed by atoms with Crippen LogP contribution >= 0.6 is 0 Å². The zero-order chi connectivity index (χ0) is 5.45. The summed E-state index contributed by atoms with van der Waals surface area (Å²) in [5, 5.41) is 3.42. The van der Waals surface area contributed by atoms with Gasteiger partial charge in [-0.15, -0.1) is 0 Å². The molecule has 2 fully saturated rings. The predicted molar refractivity (Wildman–Crippen MR) is 33.8 cm³/mol. The van der Waals surface area contributed by atoms with Crippen molar-refractivity contribution in [1.29, 1.82) is 0 Å². The van der Waals surface area contributed by atoms with Crippen LogP contribution in [-0.4, -0.2) is 13.1 Å². The van der Waals surface area contributed by atoms with E-state index in [0.717, 1.165) is 5.41 Å². The van der Waals surface area contributed by atoms with Gasteiger partial charge in [0.05, 0.1) is 0 Å². The van der Waals surface area contributed by atoms with Crippen molar-refractivity contribution in [3.63, 3.8) is 0 Å². The molecule has 0 bridgehead atoms. The lowest BCUT2D eigenvalue weighted by atomic mass is 9.68. The summed E-state index contributed by atoms with van der Waals surface area (Å²) in [6.45, 7) is 2.59. The van der Waals surface area contributed by atoms with Crippen LogP contribution in [0.1, 0.15) is 25.7 Å². The fraction of sp³-hybridized carbons (Fsp3) is 1.00. The molecular formula is C7H13N. The Morgan fingerprint density at radius 3 is 2.25 bits per heavy atom. The molecule has 1 N–H and O–H groups in total. The third-order valence-corrected chi connectivity index (χ3v) is 2.75. The lowest BCUT2D eigenvalue weighted by Crippen LogP contribution is -2.31. The van der Waals surface area contributed by atoms with Gasteiger partial charge >= 0.3 is 0 Å². The van der Waals surface area contributed by atoms with Gasteiger partial charge in [0.15, 0.2) is 0 Å². The summed E-state index contributed by atoms with van der Waals surface area (Å²) in [6.07, 6.45) is 5.94. The highest BCUT2D eigenvalue weighted by atomic mass is 14.9. The first kappa shape index (κ1) is 4.80. The van der Waals surface area contributed by atoms with Crippen LogP contribution < -0.4 is 5.32 Å². The molecule has 0 radical (unpaired) electrons. The first-order valence-corrected chi connectivity index (χ1v) is 3.62. The first-order valence-electron chi connectivity index (χ1n) is 3.62. The second-order valence-corrected chi connectivity index (χ2v) is 3.28. The zero-order valence-electron chi connectivity index (χ0n) is 5.24. The highest BCUT2D eigenvalue weighted by Gasteiger charge is 2.38. The molecule has 1 saturated carbocycles. The Morgan fingerprint density at radius 1 is 1.12 bits per heavy atom. The topological polar surface area (TPSA) is 12.0 Å². The highest BCUT2D eigenvalue weighted by molar-refractivity contribution is 4.93. The summed E-state index contributed by atoms with van der Waals surface area (Å²) in [5.74, 6) is 0. The Bertz CT molecular complexity index is 86.6.